The molecule has 2 aliphatic rings. The van der Waals surface area contributed by atoms with Crippen LogP contribution in [0.25, 0.3) is 11.3 Å². The van der Waals surface area contributed by atoms with Gasteiger partial charge in [-0.15, -0.1) is 0 Å². The maximum Gasteiger partial charge on any atom is 0.226 e. The van der Waals surface area contributed by atoms with E-state index in [1.54, 1.807) is 6.20 Å². The number of nitrogens with one attached hydrogen (secondary N) is 1. The third-order valence-electron chi connectivity index (χ3n) is 6.23. The first-order valence-electron chi connectivity index (χ1n) is 11.3. The summed E-state index contributed by atoms with van der Waals surface area (Å²) in [6, 6.07) is 15.9. The lowest BCUT2D eigenvalue weighted by Gasteiger charge is -2.24. The van der Waals surface area contributed by atoms with Crippen LogP contribution in [0.2, 0.25) is 0 Å². The van der Waals surface area contributed by atoms with E-state index in [1.807, 2.05) is 59.6 Å². The van der Waals surface area contributed by atoms with E-state index in [0.717, 1.165) is 60.8 Å². The van der Waals surface area contributed by atoms with Crippen molar-refractivity contribution in [1.29, 1.82) is 0 Å². The zero-order valence-corrected chi connectivity index (χ0v) is 18.0. The summed E-state index contributed by atoms with van der Waals surface area (Å²) in [6.07, 6.45) is 11.6. The molecule has 5 rings (SSSR count). The molecule has 1 saturated heterocycles. The van der Waals surface area contributed by atoms with Gasteiger partial charge < -0.3 is 10.2 Å². The molecule has 162 valence electrons. The first-order valence-corrected chi connectivity index (χ1v) is 11.3. The van der Waals surface area contributed by atoms with Crippen molar-refractivity contribution in [1.82, 2.24) is 19.9 Å². The van der Waals surface area contributed by atoms with Crippen molar-refractivity contribution in [2.24, 2.45) is 5.92 Å². The molecule has 6 heteroatoms. The maximum absolute atomic E-state index is 13.0. The molecule has 3 heterocycles. The van der Waals surface area contributed by atoms with Crippen LogP contribution in [-0.4, -0.2) is 38.8 Å². The van der Waals surface area contributed by atoms with Gasteiger partial charge in [0.25, 0.3) is 0 Å². The standard InChI is InChI=1S/C26H27N5O/c32-26(19-8-3-1-4-9-19)31-15-13-21(18-31)25-29-23(20-10-7-14-27-17-20)16-24(30-25)28-22-11-5-2-6-12-22/h1-3,5-7,10-12,14,16-17,19,21H,4,8-9,13,15,18H2,(H,28,29,30)/t19-,21+/m1/s1. The lowest BCUT2D eigenvalue weighted by atomic mass is 9.93. The molecule has 2 atom stereocenters. The number of amides is 1. The van der Waals surface area contributed by atoms with Crippen LogP contribution in [0.3, 0.4) is 0 Å². The van der Waals surface area contributed by atoms with E-state index in [0.29, 0.717) is 6.54 Å². The molecule has 3 aromatic rings. The number of hydrogen-bond donors (Lipinski definition) is 1. The highest BCUT2D eigenvalue weighted by atomic mass is 16.2. The third-order valence-corrected chi connectivity index (χ3v) is 6.23. The molecule has 1 fully saturated rings. The number of likely N-dealkylation sites (tertiary alicyclic amines) is 1. The van der Waals surface area contributed by atoms with E-state index in [2.05, 4.69) is 22.5 Å². The van der Waals surface area contributed by atoms with Crippen molar-refractivity contribution in [2.75, 3.05) is 18.4 Å². The number of allylic oxidation sites excluding steroid dienone is 2. The van der Waals surface area contributed by atoms with Gasteiger partial charge >= 0.3 is 0 Å². The summed E-state index contributed by atoms with van der Waals surface area (Å²) < 4.78 is 0. The van der Waals surface area contributed by atoms with Crippen LogP contribution in [0.15, 0.2) is 73.1 Å². The van der Waals surface area contributed by atoms with E-state index in [9.17, 15) is 4.79 Å². The summed E-state index contributed by atoms with van der Waals surface area (Å²) in [6.45, 7) is 1.45. The minimum atomic E-state index is 0.122. The van der Waals surface area contributed by atoms with E-state index in [-0.39, 0.29) is 17.7 Å². The van der Waals surface area contributed by atoms with E-state index in [4.69, 9.17) is 9.97 Å². The number of pyridine rings is 1. The number of carbonyl (C=O) groups is 1. The van der Waals surface area contributed by atoms with Gasteiger partial charge in [-0.25, -0.2) is 9.97 Å². The van der Waals surface area contributed by atoms with Gasteiger partial charge in [0.05, 0.1) is 5.69 Å². The zero-order chi connectivity index (χ0) is 21.8. The molecule has 6 nitrogen and oxygen atoms in total. The molecule has 1 aromatic carbocycles. The topological polar surface area (TPSA) is 71.0 Å². The van der Waals surface area contributed by atoms with Gasteiger partial charge in [-0.1, -0.05) is 30.4 Å². The predicted molar refractivity (Wildman–Crippen MR) is 125 cm³/mol. The number of anilines is 2. The second-order valence-corrected chi connectivity index (χ2v) is 8.48. The molecule has 32 heavy (non-hydrogen) atoms. The Hall–Kier alpha value is -3.54. The Morgan fingerprint density at radius 2 is 1.94 bits per heavy atom. The van der Waals surface area contributed by atoms with Gasteiger partial charge in [-0.2, -0.15) is 0 Å². The SMILES string of the molecule is O=C([C@@H]1CC=CCC1)N1CC[C@H](c2nc(Nc3ccccc3)cc(-c3cccnc3)n2)C1. The highest BCUT2D eigenvalue weighted by Crippen LogP contribution is 2.31. The van der Waals surface area contributed by atoms with E-state index in [1.165, 1.54) is 0 Å². The summed E-state index contributed by atoms with van der Waals surface area (Å²) in [7, 11) is 0. The number of nitrogens with zero attached hydrogens (tertiary/aromatic N) is 4. The van der Waals surface area contributed by atoms with Gasteiger partial charge in [-0.05, 0) is 49.9 Å². The molecule has 0 unspecified atom stereocenters. The second-order valence-electron chi connectivity index (χ2n) is 8.48. The van der Waals surface area contributed by atoms with Gasteiger partial charge in [0.1, 0.15) is 11.6 Å². The van der Waals surface area contributed by atoms with Crippen molar-refractivity contribution >= 4 is 17.4 Å². The summed E-state index contributed by atoms with van der Waals surface area (Å²) in [5.41, 5.74) is 2.76. The van der Waals surface area contributed by atoms with Crippen LogP contribution in [0.5, 0.6) is 0 Å². The highest BCUT2D eigenvalue weighted by Gasteiger charge is 2.33. The number of hydrogen-bond acceptors (Lipinski definition) is 5. The fourth-order valence-electron chi connectivity index (χ4n) is 4.49. The zero-order valence-electron chi connectivity index (χ0n) is 18.0. The van der Waals surface area contributed by atoms with Crippen molar-refractivity contribution in [3.63, 3.8) is 0 Å². The van der Waals surface area contributed by atoms with Crippen molar-refractivity contribution in [3.05, 3.63) is 78.9 Å². The molecule has 1 N–H and O–H groups in total. The molecular weight excluding hydrogens is 398 g/mol. The summed E-state index contributed by atoms with van der Waals surface area (Å²) in [5.74, 6) is 2.07. The maximum atomic E-state index is 13.0. The average Bonchev–Trinajstić information content (AvgIpc) is 3.36. The molecule has 2 aromatic heterocycles. The smallest absolute Gasteiger partial charge is 0.226 e. The quantitative estimate of drug-likeness (QED) is 0.586. The summed E-state index contributed by atoms with van der Waals surface area (Å²) in [4.78, 5) is 29.0. The molecule has 1 aliphatic carbocycles. The second kappa shape index (κ2) is 9.30. The van der Waals surface area contributed by atoms with Crippen LogP contribution in [0, 0.1) is 5.92 Å². The minimum Gasteiger partial charge on any atom is -0.342 e. The van der Waals surface area contributed by atoms with Gasteiger partial charge in [0, 0.05) is 54.6 Å². The number of para-hydroxylation sites is 1. The fourth-order valence-corrected chi connectivity index (χ4v) is 4.49. The number of rotatable bonds is 5. The average molecular weight is 426 g/mol. The number of benzene rings is 1. The summed E-state index contributed by atoms with van der Waals surface area (Å²) in [5, 5.41) is 3.40. The first-order chi connectivity index (χ1) is 15.8. The van der Waals surface area contributed by atoms with Crippen LogP contribution in [0.4, 0.5) is 11.5 Å². The van der Waals surface area contributed by atoms with Crippen molar-refractivity contribution < 1.29 is 4.79 Å². The Labute approximate surface area is 188 Å². The van der Waals surface area contributed by atoms with Crippen molar-refractivity contribution in [3.8, 4) is 11.3 Å². The molecular formula is C26H27N5O. The number of aromatic nitrogens is 3. The van der Waals surface area contributed by atoms with Crippen LogP contribution < -0.4 is 5.32 Å². The lowest BCUT2D eigenvalue weighted by molar-refractivity contribution is -0.134. The molecule has 1 aliphatic heterocycles. The van der Waals surface area contributed by atoms with Gasteiger partial charge in [-0.3, -0.25) is 9.78 Å². The predicted octanol–water partition coefficient (Wildman–Crippen LogP) is 4.95. The van der Waals surface area contributed by atoms with Gasteiger partial charge in [0.2, 0.25) is 5.91 Å². The highest BCUT2D eigenvalue weighted by molar-refractivity contribution is 5.79. The normalized spacial score (nSPS) is 20.3. The Morgan fingerprint density at radius 1 is 1.03 bits per heavy atom. The number of carbonyl (C=O) groups excluding carboxylic acids is 1. The molecule has 0 bridgehead atoms. The summed E-state index contributed by atoms with van der Waals surface area (Å²) >= 11 is 0. The third kappa shape index (κ3) is 4.54. The van der Waals surface area contributed by atoms with Crippen LogP contribution >= 0.6 is 0 Å². The van der Waals surface area contributed by atoms with E-state index >= 15 is 0 Å². The van der Waals surface area contributed by atoms with Crippen LogP contribution in [0.1, 0.15) is 37.4 Å². The Kier molecular flexibility index (Phi) is 5.92. The Balaban J connectivity index is 1.40. The Morgan fingerprint density at radius 3 is 2.72 bits per heavy atom. The van der Waals surface area contributed by atoms with Crippen LogP contribution in [-0.2, 0) is 4.79 Å². The molecule has 0 spiro atoms. The van der Waals surface area contributed by atoms with Gasteiger partial charge in [0.15, 0.2) is 0 Å². The molecule has 0 saturated carbocycles. The fraction of sp³-hybridized carbons (Fsp3) is 0.308. The minimum absolute atomic E-state index is 0.122. The monoisotopic (exact) mass is 425 g/mol. The first kappa shape index (κ1) is 20.4. The molecule has 0 radical (unpaired) electrons. The Bertz CT molecular complexity index is 1100. The largest absolute Gasteiger partial charge is 0.342 e. The van der Waals surface area contributed by atoms with E-state index < -0.39 is 0 Å². The molecule has 1 amide bonds. The lowest BCUT2D eigenvalue weighted by Crippen LogP contribution is -2.34. The van der Waals surface area contributed by atoms with Crippen molar-refractivity contribution in [2.45, 2.75) is 31.6 Å².